The zero-order chi connectivity index (χ0) is 12.8. The van der Waals surface area contributed by atoms with Crippen LogP contribution < -0.4 is 10.6 Å². The van der Waals surface area contributed by atoms with Gasteiger partial charge in [0.25, 0.3) is 0 Å². The standard InChI is InChI=1S/C15H23N3/c1-3-4-10-17-15(16-2)18-14-11-13(14)12-8-6-5-7-9-12/h5-9,13-14H,3-4,10-11H2,1-2H3,(H2,16,17,18). The molecule has 98 valence electrons. The average Bonchev–Trinajstić information content (AvgIpc) is 3.18. The fraction of sp³-hybridized carbons (Fsp3) is 0.533. The third-order valence-electron chi connectivity index (χ3n) is 3.39. The fourth-order valence-corrected chi connectivity index (χ4v) is 2.18. The lowest BCUT2D eigenvalue weighted by Gasteiger charge is -2.11. The van der Waals surface area contributed by atoms with Gasteiger partial charge in [0.2, 0.25) is 0 Å². The van der Waals surface area contributed by atoms with Crippen LogP contribution in [0.15, 0.2) is 35.3 Å². The van der Waals surface area contributed by atoms with Gasteiger partial charge in [-0.3, -0.25) is 4.99 Å². The Hall–Kier alpha value is -1.51. The first-order chi connectivity index (χ1) is 8.85. The monoisotopic (exact) mass is 245 g/mol. The van der Waals surface area contributed by atoms with E-state index in [9.17, 15) is 0 Å². The third kappa shape index (κ3) is 3.49. The molecule has 1 aromatic carbocycles. The topological polar surface area (TPSA) is 36.4 Å². The molecule has 1 fully saturated rings. The van der Waals surface area contributed by atoms with Crippen LogP contribution in [0.2, 0.25) is 0 Å². The van der Waals surface area contributed by atoms with Crippen LogP contribution in [0.1, 0.15) is 37.7 Å². The van der Waals surface area contributed by atoms with Gasteiger partial charge in [-0.25, -0.2) is 0 Å². The Balaban J connectivity index is 1.78. The van der Waals surface area contributed by atoms with E-state index < -0.39 is 0 Å². The summed E-state index contributed by atoms with van der Waals surface area (Å²) in [6, 6.07) is 11.2. The van der Waals surface area contributed by atoms with Crippen LogP contribution in [-0.2, 0) is 0 Å². The Morgan fingerprint density at radius 3 is 2.78 bits per heavy atom. The van der Waals surface area contributed by atoms with Crippen molar-refractivity contribution >= 4 is 5.96 Å². The molecular weight excluding hydrogens is 222 g/mol. The number of hydrogen-bond donors (Lipinski definition) is 2. The number of nitrogens with zero attached hydrogens (tertiary/aromatic N) is 1. The molecule has 1 aliphatic rings. The average molecular weight is 245 g/mol. The highest BCUT2D eigenvalue weighted by Gasteiger charge is 2.38. The van der Waals surface area contributed by atoms with Gasteiger partial charge in [0.15, 0.2) is 5.96 Å². The first-order valence-corrected chi connectivity index (χ1v) is 6.87. The molecule has 1 saturated carbocycles. The minimum absolute atomic E-state index is 0.542. The van der Waals surface area contributed by atoms with Crippen LogP contribution in [0.5, 0.6) is 0 Å². The second kappa shape index (κ2) is 6.43. The molecule has 1 aliphatic carbocycles. The van der Waals surface area contributed by atoms with Gasteiger partial charge in [0.05, 0.1) is 0 Å². The van der Waals surface area contributed by atoms with Crippen LogP contribution in [0, 0.1) is 0 Å². The number of nitrogens with one attached hydrogen (secondary N) is 2. The molecule has 0 radical (unpaired) electrons. The minimum Gasteiger partial charge on any atom is -0.356 e. The number of aliphatic imine (C=N–C) groups is 1. The minimum atomic E-state index is 0.542. The van der Waals surface area contributed by atoms with Crippen LogP contribution in [0.25, 0.3) is 0 Å². The van der Waals surface area contributed by atoms with Crippen LogP contribution in [0.4, 0.5) is 0 Å². The van der Waals surface area contributed by atoms with Crippen molar-refractivity contribution in [1.82, 2.24) is 10.6 Å². The third-order valence-corrected chi connectivity index (χ3v) is 3.39. The van der Waals surface area contributed by atoms with E-state index >= 15 is 0 Å². The summed E-state index contributed by atoms with van der Waals surface area (Å²) in [6.45, 7) is 3.20. The summed E-state index contributed by atoms with van der Waals surface area (Å²) >= 11 is 0. The lowest BCUT2D eigenvalue weighted by molar-refractivity contribution is 0.724. The molecule has 0 saturated heterocycles. The largest absolute Gasteiger partial charge is 0.356 e. The van der Waals surface area contributed by atoms with Crippen molar-refractivity contribution in [2.75, 3.05) is 13.6 Å². The van der Waals surface area contributed by atoms with Crippen molar-refractivity contribution in [1.29, 1.82) is 0 Å². The van der Waals surface area contributed by atoms with Crippen molar-refractivity contribution in [2.24, 2.45) is 4.99 Å². The summed E-state index contributed by atoms with van der Waals surface area (Å²) in [4.78, 5) is 4.26. The van der Waals surface area contributed by atoms with Crippen molar-refractivity contribution in [3.63, 3.8) is 0 Å². The first kappa shape index (κ1) is 12.9. The molecule has 18 heavy (non-hydrogen) atoms. The van der Waals surface area contributed by atoms with E-state index in [-0.39, 0.29) is 0 Å². The summed E-state index contributed by atoms with van der Waals surface area (Å²) in [5.41, 5.74) is 1.43. The highest BCUT2D eigenvalue weighted by Crippen LogP contribution is 2.40. The van der Waals surface area contributed by atoms with E-state index in [0.717, 1.165) is 12.5 Å². The zero-order valence-corrected chi connectivity index (χ0v) is 11.3. The Morgan fingerprint density at radius 2 is 2.11 bits per heavy atom. The highest BCUT2D eigenvalue weighted by molar-refractivity contribution is 5.80. The van der Waals surface area contributed by atoms with Crippen molar-refractivity contribution in [3.8, 4) is 0 Å². The Kier molecular flexibility index (Phi) is 4.62. The van der Waals surface area contributed by atoms with E-state index in [1.54, 1.807) is 0 Å². The molecule has 2 atom stereocenters. The van der Waals surface area contributed by atoms with Crippen molar-refractivity contribution in [2.45, 2.75) is 38.1 Å². The molecule has 3 heteroatoms. The number of benzene rings is 1. The normalized spacial score (nSPS) is 22.7. The lowest BCUT2D eigenvalue weighted by atomic mass is 10.1. The molecular formula is C15H23N3. The zero-order valence-electron chi connectivity index (χ0n) is 11.3. The highest BCUT2D eigenvalue weighted by atomic mass is 15.2. The Labute approximate surface area is 110 Å². The number of hydrogen-bond acceptors (Lipinski definition) is 1. The molecule has 0 aromatic heterocycles. The quantitative estimate of drug-likeness (QED) is 0.475. The summed E-state index contributed by atoms with van der Waals surface area (Å²) in [5, 5.41) is 6.84. The fourth-order valence-electron chi connectivity index (χ4n) is 2.18. The van der Waals surface area contributed by atoms with E-state index in [0.29, 0.717) is 12.0 Å². The predicted octanol–water partition coefficient (Wildman–Crippen LogP) is 2.51. The van der Waals surface area contributed by atoms with E-state index in [4.69, 9.17) is 0 Å². The number of guanidine groups is 1. The molecule has 0 heterocycles. The molecule has 0 spiro atoms. The summed E-state index contributed by atoms with van der Waals surface area (Å²) in [6.07, 6.45) is 3.60. The predicted molar refractivity (Wildman–Crippen MR) is 77.0 cm³/mol. The lowest BCUT2D eigenvalue weighted by Crippen LogP contribution is -2.39. The molecule has 0 aliphatic heterocycles. The summed E-state index contributed by atoms with van der Waals surface area (Å²) in [7, 11) is 1.83. The number of unbranched alkanes of at least 4 members (excludes halogenated alkanes) is 1. The van der Waals surface area contributed by atoms with Crippen molar-refractivity contribution < 1.29 is 0 Å². The molecule has 0 amide bonds. The van der Waals surface area contributed by atoms with E-state index in [1.165, 1.54) is 24.8 Å². The maximum Gasteiger partial charge on any atom is 0.191 e. The van der Waals surface area contributed by atoms with Crippen molar-refractivity contribution in [3.05, 3.63) is 35.9 Å². The number of rotatable bonds is 5. The summed E-state index contributed by atoms with van der Waals surface area (Å²) in [5.74, 6) is 1.59. The van der Waals surface area contributed by atoms with E-state index in [2.05, 4.69) is 52.9 Å². The van der Waals surface area contributed by atoms with Crippen LogP contribution >= 0.6 is 0 Å². The SMILES string of the molecule is CCCCNC(=NC)NC1CC1c1ccccc1. The molecule has 1 aromatic rings. The van der Waals surface area contributed by atoms with Gasteiger partial charge in [0.1, 0.15) is 0 Å². The van der Waals surface area contributed by atoms with Gasteiger partial charge in [-0.2, -0.15) is 0 Å². The molecule has 2 unspecified atom stereocenters. The van der Waals surface area contributed by atoms with Gasteiger partial charge in [-0.05, 0) is 18.4 Å². The first-order valence-electron chi connectivity index (χ1n) is 6.87. The maximum absolute atomic E-state index is 4.26. The van der Waals surface area contributed by atoms with Gasteiger partial charge in [-0.1, -0.05) is 43.7 Å². The molecule has 2 rings (SSSR count). The van der Waals surface area contributed by atoms with Gasteiger partial charge >= 0.3 is 0 Å². The molecule has 2 N–H and O–H groups in total. The van der Waals surface area contributed by atoms with Crippen LogP contribution in [-0.4, -0.2) is 25.6 Å². The van der Waals surface area contributed by atoms with Gasteiger partial charge < -0.3 is 10.6 Å². The summed E-state index contributed by atoms with van der Waals surface area (Å²) < 4.78 is 0. The van der Waals surface area contributed by atoms with Gasteiger partial charge in [0, 0.05) is 25.6 Å². The van der Waals surface area contributed by atoms with Crippen LogP contribution in [0.3, 0.4) is 0 Å². The Bertz CT molecular complexity index is 386. The van der Waals surface area contributed by atoms with E-state index in [1.807, 2.05) is 7.05 Å². The Morgan fingerprint density at radius 1 is 1.33 bits per heavy atom. The molecule has 0 bridgehead atoms. The van der Waals surface area contributed by atoms with Gasteiger partial charge in [-0.15, -0.1) is 0 Å². The smallest absolute Gasteiger partial charge is 0.191 e. The molecule has 3 nitrogen and oxygen atoms in total. The second-order valence-corrected chi connectivity index (χ2v) is 4.86. The maximum atomic E-state index is 4.26. The second-order valence-electron chi connectivity index (χ2n) is 4.86.